The Balaban J connectivity index is 0.000000482. The SMILES string of the molecule is CC(O)[C@H]1C(O)C[C@H]2[C@@H]3CCC4CC(O)CC[C@]4(C)[C@H]3CC[C@]12C.O=S(=O)(O)O.[NaH]. The Labute approximate surface area is 202 Å². The van der Waals surface area contributed by atoms with Gasteiger partial charge in [-0.2, -0.15) is 8.42 Å². The van der Waals surface area contributed by atoms with E-state index in [1.54, 1.807) is 0 Å². The molecule has 0 spiro atoms. The van der Waals surface area contributed by atoms with E-state index in [-0.39, 0.29) is 53.1 Å². The average Bonchev–Trinajstić information content (AvgIpc) is 2.84. The number of hydrogen-bond acceptors (Lipinski definition) is 5. The van der Waals surface area contributed by atoms with Crippen molar-refractivity contribution in [2.24, 2.45) is 40.4 Å². The molecule has 7 nitrogen and oxygen atoms in total. The molecule has 4 unspecified atom stereocenters. The third kappa shape index (κ3) is 5.12. The Morgan fingerprint density at radius 1 is 0.900 bits per heavy atom. The van der Waals surface area contributed by atoms with E-state index in [0.29, 0.717) is 23.2 Å². The molecule has 0 aromatic heterocycles. The second-order valence-electron chi connectivity index (χ2n) is 10.6. The van der Waals surface area contributed by atoms with Crippen LogP contribution < -0.4 is 0 Å². The van der Waals surface area contributed by atoms with Crippen LogP contribution in [0.4, 0.5) is 0 Å². The number of aliphatic hydroxyl groups is 3. The summed E-state index contributed by atoms with van der Waals surface area (Å²) in [7, 11) is -4.67. The zero-order valence-electron chi connectivity index (χ0n) is 17.7. The van der Waals surface area contributed by atoms with Crippen molar-refractivity contribution in [3.05, 3.63) is 0 Å². The van der Waals surface area contributed by atoms with Gasteiger partial charge < -0.3 is 15.3 Å². The molecule has 4 aliphatic rings. The molecule has 9 heteroatoms. The Kier molecular flexibility index (Phi) is 8.59. The van der Waals surface area contributed by atoms with Gasteiger partial charge in [-0.05, 0) is 92.8 Å². The molecule has 0 amide bonds. The van der Waals surface area contributed by atoms with E-state index in [1.165, 1.54) is 25.7 Å². The zero-order chi connectivity index (χ0) is 21.8. The third-order valence-corrected chi connectivity index (χ3v) is 9.27. The van der Waals surface area contributed by atoms with Crippen molar-refractivity contribution in [1.82, 2.24) is 0 Å². The maximum absolute atomic E-state index is 10.7. The van der Waals surface area contributed by atoms with E-state index >= 15 is 0 Å². The summed E-state index contributed by atoms with van der Waals surface area (Å²) in [4.78, 5) is 0. The number of aliphatic hydroxyl groups excluding tert-OH is 3. The van der Waals surface area contributed by atoms with Gasteiger partial charge in [-0.3, -0.25) is 9.11 Å². The van der Waals surface area contributed by atoms with Crippen LogP contribution in [-0.2, 0) is 10.4 Å². The van der Waals surface area contributed by atoms with Gasteiger partial charge in [0.1, 0.15) is 0 Å². The van der Waals surface area contributed by atoms with Crippen molar-refractivity contribution < 1.29 is 32.8 Å². The topological polar surface area (TPSA) is 135 Å². The first-order valence-electron chi connectivity index (χ1n) is 11.0. The van der Waals surface area contributed by atoms with Crippen LogP contribution in [-0.4, -0.2) is 80.7 Å². The van der Waals surface area contributed by atoms with Gasteiger partial charge in [0.15, 0.2) is 0 Å². The third-order valence-electron chi connectivity index (χ3n) is 9.27. The molecule has 0 radical (unpaired) electrons. The second kappa shape index (κ2) is 9.55. The molecule has 10 atom stereocenters. The summed E-state index contributed by atoms with van der Waals surface area (Å²) in [5.41, 5.74) is 0.490. The monoisotopic (exact) mass is 458 g/mol. The Hall–Kier alpha value is 0.750. The van der Waals surface area contributed by atoms with Crippen molar-refractivity contribution in [3.8, 4) is 0 Å². The van der Waals surface area contributed by atoms with E-state index in [0.717, 1.165) is 31.6 Å². The van der Waals surface area contributed by atoms with E-state index in [9.17, 15) is 15.3 Å². The fraction of sp³-hybridized carbons (Fsp3) is 1.00. The normalized spacial score (nSPS) is 48.7. The summed E-state index contributed by atoms with van der Waals surface area (Å²) in [6.45, 7) is 6.72. The van der Waals surface area contributed by atoms with Gasteiger partial charge in [0, 0.05) is 5.92 Å². The molecule has 172 valence electrons. The molecule has 4 fully saturated rings. The zero-order valence-corrected chi connectivity index (χ0v) is 18.6. The molecular formula is C21H39NaO7S. The van der Waals surface area contributed by atoms with Gasteiger partial charge in [0.05, 0.1) is 18.3 Å². The Morgan fingerprint density at radius 3 is 2.03 bits per heavy atom. The van der Waals surface area contributed by atoms with Crippen LogP contribution in [0.15, 0.2) is 0 Å². The van der Waals surface area contributed by atoms with Gasteiger partial charge in [0.2, 0.25) is 0 Å². The first-order chi connectivity index (χ1) is 13.3. The van der Waals surface area contributed by atoms with Gasteiger partial charge in [-0.25, -0.2) is 0 Å². The molecule has 0 aromatic rings. The van der Waals surface area contributed by atoms with E-state index in [4.69, 9.17) is 17.5 Å². The van der Waals surface area contributed by atoms with Crippen LogP contribution in [0.5, 0.6) is 0 Å². The van der Waals surface area contributed by atoms with Crippen LogP contribution in [0.3, 0.4) is 0 Å². The van der Waals surface area contributed by atoms with Crippen molar-refractivity contribution in [2.75, 3.05) is 0 Å². The van der Waals surface area contributed by atoms with Crippen LogP contribution in [0.25, 0.3) is 0 Å². The van der Waals surface area contributed by atoms with Gasteiger partial charge >= 0.3 is 40.0 Å². The summed E-state index contributed by atoms with van der Waals surface area (Å²) >= 11 is 0. The first kappa shape index (κ1) is 27.0. The summed E-state index contributed by atoms with van der Waals surface area (Å²) in [5, 5.41) is 31.1. The summed E-state index contributed by atoms with van der Waals surface area (Å²) in [6.07, 6.45) is 8.10. The number of rotatable bonds is 1. The molecule has 0 bridgehead atoms. The molecule has 0 aliphatic heterocycles. The summed E-state index contributed by atoms with van der Waals surface area (Å²) < 4.78 is 31.6. The minimum atomic E-state index is -4.67. The van der Waals surface area contributed by atoms with Crippen molar-refractivity contribution in [3.63, 3.8) is 0 Å². The van der Waals surface area contributed by atoms with Gasteiger partial charge in [-0.15, -0.1) is 0 Å². The molecule has 0 saturated heterocycles. The Morgan fingerprint density at radius 2 is 1.47 bits per heavy atom. The molecule has 4 rings (SSSR count). The molecule has 4 saturated carbocycles. The van der Waals surface area contributed by atoms with E-state index in [1.807, 2.05) is 6.92 Å². The molecule has 5 N–H and O–H groups in total. The van der Waals surface area contributed by atoms with Crippen LogP contribution >= 0.6 is 0 Å². The Bertz CT molecular complexity index is 693. The maximum atomic E-state index is 10.7. The minimum absolute atomic E-state index is 0. The predicted octanol–water partition coefficient (Wildman–Crippen LogP) is 2.06. The summed E-state index contributed by atoms with van der Waals surface area (Å²) in [5.74, 6) is 2.75. The van der Waals surface area contributed by atoms with Crippen molar-refractivity contribution >= 4 is 40.0 Å². The number of hydrogen-bond donors (Lipinski definition) is 5. The first-order valence-corrected chi connectivity index (χ1v) is 12.4. The average molecular weight is 459 g/mol. The fourth-order valence-electron chi connectivity index (χ4n) is 8.16. The second-order valence-corrected chi connectivity index (χ2v) is 11.5. The summed E-state index contributed by atoms with van der Waals surface area (Å²) in [6, 6.07) is 0. The quantitative estimate of drug-likeness (QED) is 0.300. The molecule has 0 heterocycles. The predicted molar refractivity (Wildman–Crippen MR) is 116 cm³/mol. The van der Waals surface area contributed by atoms with Crippen LogP contribution in [0.2, 0.25) is 0 Å². The van der Waals surface area contributed by atoms with Crippen LogP contribution in [0.1, 0.15) is 72.1 Å². The fourth-order valence-corrected chi connectivity index (χ4v) is 8.16. The van der Waals surface area contributed by atoms with Crippen molar-refractivity contribution in [2.45, 2.75) is 90.4 Å². The standard InChI is InChI=1S/C21H36O3.Na.H2O4S.H/c1-12(22)19-18(24)11-17-15-5-4-13-10-14(23)6-8-20(13,2)16(15)7-9-21(17,19)3;;1-5(2,3)4;/h12-19,22-24H,4-11H2,1-3H3;;(H2,1,2,3,4);/t12?,13?,14?,15-,16+,17+,18?,19+,20+,21+;;;/m1.../s1. The van der Waals surface area contributed by atoms with Gasteiger partial charge in [-0.1, -0.05) is 13.8 Å². The van der Waals surface area contributed by atoms with Crippen LogP contribution in [0, 0.1) is 40.4 Å². The molecule has 0 aromatic carbocycles. The molecule has 4 aliphatic carbocycles. The van der Waals surface area contributed by atoms with E-state index in [2.05, 4.69) is 13.8 Å². The van der Waals surface area contributed by atoms with Gasteiger partial charge in [0.25, 0.3) is 0 Å². The molecular weight excluding hydrogens is 419 g/mol. The number of fused-ring (bicyclic) bond motifs is 5. The molecule has 30 heavy (non-hydrogen) atoms. The van der Waals surface area contributed by atoms with E-state index < -0.39 is 16.5 Å². The van der Waals surface area contributed by atoms with Crippen molar-refractivity contribution in [1.29, 1.82) is 0 Å².